The van der Waals surface area contributed by atoms with Crippen LogP contribution in [0.1, 0.15) is 53.5 Å². The normalized spacial score (nSPS) is 24.8. The number of ether oxygens (including phenoxy) is 1. The summed E-state index contributed by atoms with van der Waals surface area (Å²) in [7, 11) is -0.468. The molecule has 1 aromatic rings. The maximum atomic E-state index is 9.58. The molecular weight excluding hydrogens is 327 g/mol. The molecule has 1 unspecified atom stereocenters. The maximum Gasteiger partial charge on any atom is 0.494 e. The number of nitrogens with zero attached hydrogens (tertiary/aromatic N) is 2. The van der Waals surface area contributed by atoms with Crippen LogP contribution in [-0.2, 0) is 9.31 Å². The predicted molar refractivity (Wildman–Crippen MR) is 103 cm³/mol. The molecule has 0 radical (unpaired) electrons. The van der Waals surface area contributed by atoms with E-state index in [-0.39, 0.29) is 6.10 Å². The highest BCUT2D eigenvalue weighted by Crippen LogP contribution is 2.36. The summed E-state index contributed by atoms with van der Waals surface area (Å²) in [6, 6.07) is 8.41. The quantitative estimate of drug-likeness (QED) is 0.777. The molecule has 1 aromatic carbocycles. The van der Waals surface area contributed by atoms with Gasteiger partial charge in [-0.1, -0.05) is 6.07 Å². The Bertz CT molecular complexity index is 695. The van der Waals surface area contributed by atoms with Gasteiger partial charge in [0.2, 0.25) is 0 Å². The van der Waals surface area contributed by atoms with E-state index < -0.39 is 18.3 Å². The summed E-state index contributed by atoms with van der Waals surface area (Å²) >= 11 is 0. The molecule has 1 atom stereocenters. The SMILES string of the molecule is CC(C)N1CCC(Oc2ccc(B3OC(C)(C)C(C)(C)O3)cc2C#N)C1. The number of nitriles is 1. The van der Waals surface area contributed by atoms with E-state index in [1.165, 1.54) is 0 Å². The Labute approximate surface area is 157 Å². The molecule has 2 aliphatic rings. The Morgan fingerprint density at radius 1 is 1.23 bits per heavy atom. The minimum atomic E-state index is -0.468. The molecule has 2 saturated heterocycles. The van der Waals surface area contributed by atoms with Crippen molar-refractivity contribution >= 4 is 12.6 Å². The van der Waals surface area contributed by atoms with Crippen molar-refractivity contribution in [1.29, 1.82) is 5.26 Å². The maximum absolute atomic E-state index is 9.58. The fraction of sp³-hybridized carbons (Fsp3) is 0.650. The van der Waals surface area contributed by atoms with Crippen molar-refractivity contribution in [3.63, 3.8) is 0 Å². The average Bonchev–Trinajstić information content (AvgIpc) is 3.10. The van der Waals surface area contributed by atoms with Gasteiger partial charge in [-0.3, -0.25) is 4.90 Å². The van der Waals surface area contributed by atoms with Crippen LogP contribution in [0.15, 0.2) is 18.2 Å². The highest BCUT2D eigenvalue weighted by Gasteiger charge is 2.51. The molecule has 0 bridgehead atoms. The minimum absolute atomic E-state index is 0.132. The summed E-state index contributed by atoms with van der Waals surface area (Å²) in [5.74, 6) is 0.642. The zero-order valence-corrected chi connectivity index (χ0v) is 16.7. The summed E-state index contributed by atoms with van der Waals surface area (Å²) < 4.78 is 18.3. The van der Waals surface area contributed by atoms with Gasteiger partial charge in [-0.15, -0.1) is 0 Å². The first-order valence-electron chi connectivity index (χ1n) is 9.43. The van der Waals surface area contributed by atoms with Crippen molar-refractivity contribution in [2.75, 3.05) is 13.1 Å². The Morgan fingerprint density at radius 2 is 1.88 bits per heavy atom. The molecular formula is C20H29BN2O3. The van der Waals surface area contributed by atoms with Gasteiger partial charge in [-0.05, 0) is 65.6 Å². The van der Waals surface area contributed by atoms with E-state index in [0.29, 0.717) is 17.4 Å². The van der Waals surface area contributed by atoms with Gasteiger partial charge in [0.05, 0.1) is 16.8 Å². The van der Waals surface area contributed by atoms with Crippen LogP contribution >= 0.6 is 0 Å². The van der Waals surface area contributed by atoms with E-state index in [1.54, 1.807) is 0 Å². The zero-order valence-electron chi connectivity index (χ0n) is 16.7. The van der Waals surface area contributed by atoms with E-state index in [0.717, 1.165) is 25.0 Å². The molecule has 5 nitrogen and oxygen atoms in total. The molecule has 6 heteroatoms. The Kier molecular flexibility index (Phi) is 5.09. The molecule has 0 N–H and O–H groups in total. The van der Waals surface area contributed by atoms with Crippen LogP contribution in [0.2, 0.25) is 0 Å². The van der Waals surface area contributed by atoms with Crippen molar-refractivity contribution in [3.8, 4) is 11.8 Å². The van der Waals surface area contributed by atoms with Gasteiger partial charge in [0, 0.05) is 19.1 Å². The summed E-state index contributed by atoms with van der Waals surface area (Å²) in [5.41, 5.74) is 0.580. The van der Waals surface area contributed by atoms with Crippen LogP contribution in [0, 0.1) is 11.3 Å². The third kappa shape index (κ3) is 3.62. The first-order chi connectivity index (χ1) is 12.1. The van der Waals surface area contributed by atoms with Gasteiger partial charge in [0.15, 0.2) is 0 Å². The largest absolute Gasteiger partial charge is 0.494 e. The molecule has 2 aliphatic heterocycles. The molecule has 0 saturated carbocycles. The van der Waals surface area contributed by atoms with E-state index in [4.69, 9.17) is 14.0 Å². The van der Waals surface area contributed by atoms with Crippen LogP contribution in [0.5, 0.6) is 5.75 Å². The van der Waals surface area contributed by atoms with Gasteiger partial charge in [0.1, 0.15) is 17.9 Å². The number of rotatable bonds is 4. The van der Waals surface area contributed by atoms with E-state index in [2.05, 4.69) is 24.8 Å². The highest BCUT2D eigenvalue weighted by atomic mass is 16.7. The Balaban J connectivity index is 1.74. The summed E-state index contributed by atoms with van der Waals surface area (Å²) in [4.78, 5) is 2.40. The molecule has 2 heterocycles. The Hall–Kier alpha value is -1.55. The van der Waals surface area contributed by atoms with Gasteiger partial charge in [0.25, 0.3) is 0 Å². The van der Waals surface area contributed by atoms with Crippen molar-refractivity contribution in [3.05, 3.63) is 23.8 Å². The lowest BCUT2D eigenvalue weighted by Gasteiger charge is -2.32. The van der Waals surface area contributed by atoms with Crippen LogP contribution in [0.4, 0.5) is 0 Å². The van der Waals surface area contributed by atoms with Gasteiger partial charge >= 0.3 is 7.12 Å². The monoisotopic (exact) mass is 356 g/mol. The zero-order chi connectivity index (χ0) is 19.1. The fourth-order valence-electron chi connectivity index (χ4n) is 3.36. The lowest BCUT2D eigenvalue weighted by atomic mass is 9.78. The molecule has 0 aromatic heterocycles. The Morgan fingerprint density at radius 3 is 2.42 bits per heavy atom. The molecule has 3 rings (SSSR count). The third-order valence-electron chi connectivity index (χ3n) is 5.85. The summed E-state index contributed by atoms with van der Waals surface area (Å²) in [5, 5.41) is 9.58. The van der Waals surface area contributed by atoms with Crippen molar-refractivity contribution < 1.29 is 14.0 Å². The first kappa shape index (κ1) is 19.2. The smallest absolute Gasteiger partial charge is 0.488 e. The average molecular weight is 356 g/mol. The molecule has 0 spiro atoms. The molecule has 140 valence electrons. The lowest BCUT2D eigenvalue weighted by Crippen LogP contribution is -2.41. The first-order valence-corrected chi connectivity index (χ1v) is 9.43. The summed E-state index contributed by atoms with van der Waals surface area (Å²) in [6.07, 6.45) is 1.12. The van der Waals surface area contributed by atoms with Crippen molar-refractivity contribution in [2.24, 2.45) is 0 Å². The molecule has 26 heavy (non-hydrogen) atoms. The van der Waals surface area contributed by atoms with Crippen LogP contribution in [-0.4, -0.2) is 48.5 Å². The number of benzene rings is 1. The number of hydrogen-bond donors (Lipinski definition) is 0. The predicted octanol–water partition coefficient (Wildman–Crippen LogP) is 2.72. The van der Waals surface area contributed by atoms with E-state index >= 15 is 0 Å². The number of likely N-dealkylation sites (tertiary alicyclic amines) is 1. The van der Waals surface area contributed by atoms with E-state index in [1.807, 2.05) is 45.9 Å². The van der Waals surface area contributed by atoms with E-state index in [9.17, 15) is 5.26 Å². The second kappa shape index (κ2) is 6.88. The van der Waals surface area contributed by atoms with Gasteiger partial charge in [-0.2, -0.15) is 5.26 Å². The fourth-order valence-corrected chi connectivity index (χ4v) is 3.36. The van der Waals surface area contributed by atoms with Crippen LogP contribution < -0.4 is 10.2 Å². The third-order valence-corrected chi connectivity index (χ3v) is 5.85. The van der Waals surface area contributed by atoms with Crippen LogP contribution in [0.3, 0.4) is 0 Å². The topological polar surface area (TPSA) is 54.7 Å². The van der Waals surface area contributed by atoms with Crippen LogP contribution in [0.25, 0.3) is 0 Å². The molecule has 0 aliphatic carbocycles. The molecule has 0 amide bonds. The van der Waals surface area contributed by atoms with Gasteiger partial charge in [-0.25, -0.2) is 0 Å². The summed E-state index contributed by atoms with van der Waals surface area (Å²) in [6.45, 7) is 14.4. The minimum Gasteiger partial charge on any atom is -0.488 e. The van der Waals surface area contributed by atoms with Crippen molar-refractivity contribution in [1.82, 2.24) is 4.90 Å². The standard InChI is InChI=1S/C20H29BN2O3/c1-14(2)23-10-9-17(13-23)24-18-8-7-16(11-15(18)12-22)21-25-19(3,4)20(5,6)26-21/h7-8,11,14,17H,9-10,13H2,1-6H3. The van der Waals surface area contributed by atoms with Gasteiger partial charge < -0.3 is 14.0 Å². The van der Waals surface area contributed by atoms with Crippen molar-refractivity contribution in [2.45, 2.75) is 71.3 Å². The second-order valence-corrected chi connectivity index (χ2v) is 8.57. The lowest BCUT2D eigenvalue weighted by molar-refractivity contribution is 0.00578. The highest BCUT2D eigenvalue weighted by molar-refractivity contribution is 6.62. The second-order valence-electron chi connectivity index (χ2n) is 8.57. The molecule has 2 fully saturated rings. The number of hydrogen-bond acceptors (Lipinski definition) is 5.